The smallest absolute Gasteiger partial charge is 0.256 e. The molecule has 2 aromatic rings. The molecule has 27 heavy (non-hydrogen) atoms. The lowest BCUT2D eigenvalue weighted by Gasteiger charge is -2.31. The second kappa shape index (κ2) is 8.50. The summed E-state index contributed by atoms with van der Waals surface area (Å²) in [5, 5.41) is 0. The fraction of sp³-hybridized carbons (Fsp3) is 0.421. The molecule has 2 heterocycles. The van der Waals surface area contributed by atoms with E-state index in [2.05, 4.69) is 9.71 Å². The monoisotopic (exact) mass is 408 g/mol. The quantitative estimate of drug-likeness (QED) is 0.766. The van der Waals surface area contributed by atoms with Crippen molar-refractivity contribution >= 4 is 21.8 Å². The standard InChI is InChI=1S/C19H24N2O4S2/c1-13-3-8-17(19(22)20-13)14-4-6-16(7-5-14)25-11-15-12-26-10-9-18(15)21-27(2,23)24/h3-8,15,18,21H,9-12H2,1-2H3,(H,20,22)/t15-,18-/m0/s1. The van der Waals surface area contributed by atoms with Crippen molar-refractivity contribution in [1.29, 1.82) is 0 Å². The number of aromatic amines is 1. The van der Waals surface area contributed by atoms with E-state index in [1.165, 1.54) is 6.26 Å². The van der Waals surface area contributed by atoms with Crippen LogP contribution in [0.5, 0.6) is 5.75 Å². The van der Waals surface area contributed by atoms with Crippen molar-refractivity contribution < 1.29 is 13.2 Å². The average molecular weight is 409 g/mol. The molecule has 0 amide bonds. The van der Waals surface area contributed by atoms with Gasteiger partial charge in [0.05, 0.1) is 12.9 Å². The van der Waals surface area contributed by atoms with Gasteiger partial charge in [0.1, 0.15) is 5.75 Å². The predicted octanol–water partition coefficient (Wildman–Crippen LogP) is 2.40. The van der Waals surface area contributed by atoms with E-state index in [4.69, 9.17) is 4.74 Å². The predicted molar refractivity (Wildman–Crippen MR) is 110 cm³/mol. The van der Waals surface area contributed by atoms with Crippen LogP contribution in [0.4, 0.5) is 0 Å². The molecule has 0 saturated carbocycles. The van der Waals surface area contributed by atoms with Crippen molar-refractivity contribution in [3.8, 4) is 16.9 Å². The fourth-order valence-electron chi connectivity index (χ4n) is 3.12. The summed E-state index contributed by atoms with van der Waals surface area (Å²) >= 11 is 1.82. The summed E-state index contributed by atoms with van der Waals surface area (Å²) in [6, 6.07) is 11.0. The minimum Gasteiger partial charge on any atom is -0.493 e. The molecule has 0 unspecified atom stereocenters. The number of pyridine rings is 1. The maximum Gasteiger partial charge on any atom is 0.256 e. The van der Waals surface area contributed by atoms with Gasteiger partial charge in [-0.15, -0.1) is 0 Å². The van der Waals surface area contributed by atoms with Gasteiger partial charge in [0.25, 0.3) is 5.56 Å². The lowest BCUT2D eigenvalue weighted by molar-refractivity contribution is 0.229. The lowest BCUT2D eigenvalue weighted by Crippen LogP contribution is -2.45. The van der Waals surface area contributed by atoms with Crippen molar-refractivity contribution in [2.45, 2.75) is 19.4 Å². The Morgan fingerprint density at radius 3 is 2.63 bits per heavy atom. The molecule has 2 N–H and O–H groups in total. The maximum atomic E-state index is 12.1. The van der Waals surface area contributed by atoms with Gasteiger partial charge >= 0.3 is 0 Å². The third kappa shape index (κ3) is 5.60. The average Bonchev–Trinajstić information content (AvgIpc) is 2.60. The number of ether oxygens (including phenoxy) is 1. The summed E-state index contributed by atoms with van der Waals surface area (Å²) in [5.41, 5.74) is 2.16. The Balaban J connectivity index is 1.65. The van der Waals surface area contributed by atoms with E-state index in [0.717, 1.165) is 29.2 Å². The summed E-state index contributed by atoms with van der Waals surface area (Å²) in [4.78, 5) is 14.9. The number of hydrogen-bond acceptors (Lipinski definition) is 5. The van der Waals surface area contributed by atoms with Gasteiger partial charge in [-0.3, -0.25) is 4.79 Å². The lowest BCUT2D eigenvalue weighted by atomic mass is 10.0. The second-order valence-corrected chi connectivity index (χ2v) is 9.77. The molecule has 1 saturated heterocycles. The SMILES string of the molecule is Cc1ccc(-c2ccc(OC[C@H]3CSCC[C@@H]3NS(C)(=O)=O)cc2)c(=O)[nH]1. The van der Waals surface area contributed by atoms with Gasteiger partial charge in [0.2, 0.25) is 10.0 Å². The third-order valence-corrected chi connectivity index (χ3v) is 6.44. The van der Waals surface area contributed by atoms with Crippen LogP contribution in [0.25, 0.3) is 11.1 Å². The summed E-state index contributed by atoms with van der Waals surface area (Å²) in [5.74, 6) is 2.64. The van der Waals surface area contributed by atoms with Crippen LogP contribution >= 0.6 is 11.8 Å². The molecule has 6 nitrogen and oxygen atoms in total. The molecule has 8 heteroatoms. The van der Waals surface area contributed by atoms with E-state index >= 15 is 0 Å². The van der Waals surface area contributed by atoms with Crippen LogP contribution in [0.15, 0.2) is 41.2 Å². The highest BCUT2D eigenvalue weighted by molar-refractivity contribution is 7.99. The zero-order valence-electron chi connectivity index (χ0n) is 15.4. The topological polar surface area (TPSA) is 88.3 Å². The van der Waals surface area contributed by atoms with Crippen molar-refractivity contribution in [3.63, 3.8) is 0 Å². The summed E-state index contributed by atoms with van der Waals surface area (Å²) in [6.07, 6.45) is 2.00. The number of aromatic nitrogens is 1. The van der Waals surface area contributed by atoms with E-state index in [1.807, 2.05) is 55.1 Å². The Morgan fingerprint density at radius 1 is 1.22 bits per heavy atom. The molecule has 1 aromatic heterocycles. The Bertz CT molecular complexity index is 939. The highest BCUT2D eigenvalue weighted by Crippen LogP contribution is 2.26. The number of thioether (sulfide) groups is 1. The molecule has 1 aliphatic rings. The molecule has 1 fully saturated rings. The van der Waals surface area contributed by atoms with Crippen molar-refractivity contribution in [1.82, 2.24) is 9.71 Å². The van der Waals surface area contributed by atoms with E-state index in [0.29, 0.717) is 17.9 Å². The molecular weight excluding hydrogens is 384 g/mol. The number of sulfonamides is 1. The first-order chi connectivity index (χ1) is 12.8. The second-order valence-electron chi connectivity index (χ2n) is 6.84. The van der Waals surface area contributed by atoms with E-state index in [9.17, 15) is 13.2 Å². The highest BCUT2D eigenvalue weighted by atomic mass is 32.2. The molecule has 3 rings (SSSR count). The first-order valence-corrected chi connectivity index (χ1v) is 11.8. The van der Waals surface area contributed by atoms with Crippen LogP contribution in [0.1, 0.15) is 12.1 Å². The molecular formula is C19H24N2O4S2. The number of H-pyrrole nitrogens is 1. The van der Waals surface area contributed by atoms with E-state index < -0.39 is 10.0 Å². The van der Waals surface area contributed by atoms with Crippen molar-refractivity contribution in [3.05, 3.63) is 52.4 Å². The van der Waals surface area contributed by atoms with Crippen molar-refractivity contribution in [2.75, 3.05) is 24.4 Å². The summed E-state index contributed by atoms with van der Waals surface area (Å²) in [7, 11) is -3.23. The minimum atomic E-state index is -3.23. The molecule has 2 atom stereocenters. The van der Waals surface area contributed by atoms with Gasteiger partial charge < -0.3 is 9.72 Å². The van der Waals surface area contributed by atoms with Gasteiger partial charge in [-0.25, -0.2) is 13.1 Å². The van der Waals surface area contributed by atoms with Gasteiger partial charge in [-0.1, -0.05) is 12.1 Å². The number of nitrogens with one attached hydrogen (secondary N) is 2. The summed E-state index contributed by atoms with van der Waals surface area (Å²) in [6.45, 7) is 2.29. The Hall–Kier alpha value is -1.77. The van der Waals surface area contributed by atoms with Crippen LogP contribution in [-0.4, -0.2) is 43.8 Å². The zero-order chi connectivity index (χ0) is 19.4. The van der Waals surface area contributed by atoms with E-state index in [1.54, 1.807) is 0 Å². The third-order valence-electron chi connectivity index (χ3n) is 4.52. The van der Waals surface area contributed by atoms with E-state index in [-0.39, 0.29) is 17.5 Å². The van der Waals surface area contributed by atoms with Crippen LogP contribution < -0.4 is 15.0 Å². The summed E-state index contributed by atoms with van der Waals surface area (Å²) < 4.78 is 31.7. The van der Waals surface area contributed by atoms with Gasteiger partial charge in [0.15, 0.2) is 0 Å². The number of rotatable bonds is 6. The van der Waals surface area contributed by atoms with Crippen LogP contribution in [-0.2, 0) is 10.0 Å². The fourth-order valence-corrected chi connectivity index (χ4v) is 5.20. The highest BCUT2D eigenvalue weighted by Gasteiger charge is 2.28. The Kier molecular flexibility index (Phi) is 6.29. The molecule has 0 bridgehead atoms. The number of aryl methyl sites for hydroxylation is 1. The van der Waals surface area contributed by atoms with Gasteiger partial charge in [-0.2, -0.15) is 11.8 Å². The number of hydrogen-bond donors (Lipinski definition) is 2. The normalized spacial score (nSPS) is 20.4. The van der Waals surface area contributed by atoms with Crippen LogP contribution in [0.3, 0.4) is 0 Å². The first-order valence-electron chi connectivity index (χ1n) is 8.80. The van der Waals surface area contributed by atoms with Crippen LogP contribution in [0.2, 0.25) is 0 Å². The molecule has 1 aromatic carbocycles. The maximum absolute atomic E-state index is 12.1. The minimum absolute atomic E-state index is 0.0911. The molecule has 146 valence electrons. The molecule has 0 spiro atoms. The largest absolute Gasteiger partial charge is 0.493 e. The van der Waals surface area contributed by atoms with Gasteiger partial charge in [0, 0.05) is 29.0 Å². The molecule has 0 radical (unpaired) electrons. The Morgan fingerprint density at radius 2 is 1.96 bits per heavy atom. The Labute approximate surface area is 163 Å². The molecule has 0 aliphatic carbocycles. The zero-order valence-corrected chi connectivity index (χ0v) is 17.0. The van der Waals surface area contributed by atoms with Crippen LogP contribution in [0, 0.1) is 12.8 Å². The van der Waals surface area contributed by atoms with Crippen molar-refractivity contribution in [2.24, 2.45) is 5.92 Å². The molecule has 1 aliphatic heterocycles. The van der Waals surface area contributed by atoms with Gasteiger partial charge in [-0.05, 0) is 48.9 Å². The first kappa shape index (κ1) is 20.0. The number of benzene rings is 1.